The van der Waals surface area contributed by atoms with E-state index in [1.807, 2.05) is 0 Å². The summed E-state index contributed by atoms with van der Waals surface area (Å²) in [5.74, 6) is 0. The molecular formula is C16H21N3O2. The first-order chi connectivity index (χ1) is 15.9. The van der Waals surface area contributed by atoms with Gasteiger partial charge in [-0.3, -0.25) is 0 Å². The van der Waals surface area contributed by atoms with Crippen LogP contribution in [0.2, 0.25) is 0 Å². The predicted molar refractivity (Wildman–Crippen MR) is 82.5 cm³/mol. The lowest BCUT2D eigenvalue weighted by atomic mass is 10.0. The number of aryl methyl sites for hydroxylation is 1. The van der Waals surface area contributed by atoms with Crippen LogP contribution < -0.4 is 5.32 Å². The van der Waals surface area contributed by atoms with Crippen molar-refractivity contribution in [1.82, 2.24) is 15.2 Å². The van der Waals surface area contributed by atoms with Crippen LogP contribution in [0.1, 0.15) is 31.7 Å². The molecular weight excluding hydrogens is 266 g/mol. The molecule has 5 nitrogen and oxygen atoms in total. The number of aromatic nitrogens is 1. The Morgan fingerprint density at radius 1 is 1.62 bits per heavy atom. The molecule has 2 aromatic rings. The van der Waals surface area contributed by atoms with Crippen LogP contribution in [0.5, 0.6) is 0 Å². The van der Waals surface area contributed by atoms with Crippen molar-refractivity contribution in [3.05, 3.63) is 35.5 Å². The number of cyclic esters (lactones) is 1. The molecule has 0 unspecified atom stereocenters. The molecule has 0 bridgehead atoms. The molecule has 112 valence electrons. The number of aromatic amines is 1. The first-order valence-corrected chi connectivity index (χ1v) is 5.85. The quantitative estimate of drug-likeness (QED) is 0.887. The molecule has 5 heteroatoms. The smallest absolute Gasteiger partial charge is 0.407 e. The van der Waals surface area contributed by atoms with E-state index in [0.29, 0.717) is 0 Å². The number of nitrogens with zero attached hydrogens (tertiary/aromatic N) is 1. The summed E-state index contributed by atoms with van der Waals surface area (Å²) in [6.07, 6.45) is -6.70. The highest BCUT2D eigenvalue weighted by Crippen LogP contribution is 2.21. The molecule has 1 aromatic carbocycles. The number of benzene rings is 1. The van der Waals surface area contributed by atoms with Crippen LogP contribution in [0.3, 0.4) is 0 Å². The minimum Gasteiger partial charge on any atom is -0.447 e. The highest BCUT2D eigenvalue weighted by atomic mass is 16.6. The first kappa shape index (κ1) is 4.74. The maximum absolute atomic E-state index is 11.6. The molecule has 1 saturated heterocycles. The maximum atomic E-state index is 11.6. The molecule has 1 aromatic heterocycles. The number of likely N-dealkylation sites (N-methyl/N-ethyl adjacent to an activating group) is 1. The number of hydrogen-bond donors (Lipinski definition) is 2. The van der Waals surface area contributed by atoms with E-state index in [1.165, 1.54) is 6.07 Å². The summed E-state index contributed by atoms with van der Waals surface area (Å²) in [5.41, 5.74) is -0.875. The Morgan fingerprint density at radius 2 is 2.52 bits per heavy atom. The number of alkyl carbamates (subject to hydrolysis) is 1. The van der Waals surface area contributed by atoms with Gasteiger partial charge in [0.05, 0.1) is 10.1 Å². The van der Waals surface area contributed by atoms with E-state index < -0.39 is 67.9 Å². The monoisotopic (exact) mass is 302 g/mol. The summed E-state index contributed by atoms with van der Waals surface area (Å²) < 4.78 is 123. The third kappa shape index (κ3) is 3.19. The second kappa shape index (κ2) is 5.77. The van der Waals surface area contributed by atoms with Crippen LogP contribution in [-0.4, -0.2) is 49.0 Å². The summed E-state index contributed by atoms with van der Waals surface area (Å²) in [6, 6.07) is 0.343. The average Bonchev–Trinajstić information content (AvgIpc) is 3.16. The Bertz CT molecular complexity index is 1170. The highest BCUT2D eigenvalue weighted by Gasteiger charge is 2.22. The fraction of sp³-hybridized carbons (Fsp3) is 0.438. The SMILES string of the molecule is [2H]C([2H])([2H])N(C([2H])([2H])[2H])C([2H])([2H])C([2H])([2H])c1c[nH]c2ccc(C([2H])([2H])[C@]3([2H])NC(=O)OC3([2H])[2H])cc12. The van der Waals surface area contributed by atoms with Gasteiger partial charge >= 0.3 is 6.09 Å². The number of rotatable bonds is 5. The second-order valence-corrected chi connectivity index (χ2v) is 4.15. The van der Waals surface area contributed by atoms with Gasteiger partial charge in [0.25, 0.3) is 0 Å². The van der Waals surface area contributed by atoms with Crippen LogP contribution in [0.4, 0.5) is 4.79 Å². The molecule has 2 heterocycles. The zero-order valence-corrected chi connectivity index (χ0v) is 10.6. The van der Waals surface area contributed by atoms with Gasteiger partial charge in [0, 0.05) is 40.0 Å². The number of fused-ring (bicyclic) bond motifs is 1. The van der Waals surface area contributed by atoms with Crippen LogP contribution in [0, 0.1) is 0 Å². The summed E-state index contributed by atoms with van der Waals surface area (Å²) in [5, 5.41) is 1.60. The van der Waals surface area contributed by atoms with Crippen molar-refractivity contribution >= 4 is 17.0 Å². The van der Waals surface area contributed by atoms with Crippen molar-refractivity contribution in [2.24, 2.45) is 0 Å². The third-order valence-electron chi connectivity index (χ3n) is 2.73. The van der Waals surface area contributed by atoms with Gasteiger partial charge in [-0.15, -0.1) is 0 Å². The Balaban J connectivity index is 2.20. The summed E-state index contributed by atoms with van der Waals surface area (Å²) in [6.45, 7) is -13.9. The molecule has 1 aliphatic rings. The van der Waals surface area contributed by atoms with Crippen molar-refractivity contribution in [2.75, 3.05) is 27.0 Å². The molecule has 21 heavy (non-hydrogen) atoms. The molecule has 1 amide bonds. The van der Waals surface area contributed by atoms with Crippen LogP contribution >= 0.6 is 0 Å². The first-order valence-electron chi connectivity index (χ1n) is 13.3. The van der Waals surface area contributed by atoms with E-state index in [1.54, 1.807) is 5.32 Å². The second-order valence-electron chi connectivity index (χ2n) is 4.15. The third-order valence-corrected chi connectivity index (χ3v) is 2.73. The lowest BCUT2D eigenvalue weighted by Gasteiger charge is -2.09. The molecule has 2 N–H and O–H groups in total. The molecule has 3 rings (SSSR count). The number of amides is 1. The van der Waals surface area contributed by atoms with E-state index in [0.717, 1.165) is 18.3 Å². The van der Waals surface area contributed by atoms with Crippen molar-refractivity contribution < 1.29 is 30.1 Å². The Hall–Kier alpha value is -2.01. The Morgan fingerprint density at radius 3 is 3.29 bits per heavy atom. The van der Waals surface area contributed by atoms with E-state index >= 15 is 0 Å². The van der Waals surface area contributed by atoms with Crippen LogP contribution in [-0.2, 0) is 17.5 Å². The molecule has 0 spiro atoms. The van der Waals surface area contributed by atoms with Crippen molar-refractivity contribution in [3.63, 3.8) is 0 Å². The molecule has 1 aliphatic heterocycles. The number of H-pyrrole nitrogens is 1. The van der Waals surface area contributed by atoms with E-state index in [2.05, 4.69) is 9.72 Å². The largest absolute Gasteiger partial charge is 0.447 e. The van der Waals surface area contributed by atoms with Gasteiger partial charge in [-0.2, -0.15) is 0 Å². The van der Waals surface area contributed by atoms with E-state index in [4.69, 9.17) is 20.6 Å². The zero-order valence-electron chi connectivity index (χ0n) is 25.6. The minimum atomic E-state index is -3.64. The van der Waals surface area contributed by atoms with Crippen molar-refractivity contribution in [1.29, 1.82) is 0 Å². The Labute approximate surface area is 145 Å². The maximum Gasteiger partial charge on any atom is 0.407 e. The number of carbonyl (C=O) groups excluding carboxylic acids is 1. The number of ether oxygens (including phenoxy) is 1. The average molecular weight is 302 g/mol. The van der Waals surface area contributed by atoms with Crippen LogP contribution in [0.15, 0.2) is 24.4 Å². The van der Waals surface area contributed by atoms with Crippen LogP contribution in [0.25, 0.3) is 10.9 Å². The number of nitrogens with one attached hydrogen (secondary N) is 2. The number of carbonyl (C=O) groups is 1. The lowest BCUT2D eigenvalue weighted by molar-refractivity contribution is 0.177. The Kier molecular flexibility index (Phi) is 1.30. The van der Waals surface area contributed by atoms with Gasteiger partial charge in [0.1, 0.15) is 6.56 Å². The topological polar surface area (TPSA) is 57.4 Å². The fourth-order valence-corrected chi connectivity index (χ4v) is 1.87. The van der Waals surface area contributed by atoms with Gasteiger partial charge in [-0.1, -0.05) is 6.07 Å². The van der Waals surface area contributed by atoms with Crippen molar-refractivity contribution in [3.8, 4) is 0 Å². The summed E-state index contributed by atoms with van der Waals surface area (Å²) in [4.78, 5) is 13.7. The molecule has 1 atom stereocenters. The normalized spacial score (nSPS) is 38.0. The van der Waals surface area contributed by atoms with E-state index in [9.17, 15) is 4.79 Å². The fourth-order valence-electron chi connectivity index (χ4n) is 1.87. The standard InChI is InChI=1S/C16H21N3O2/c1-19(2)6-5-12-9-17-15-4-3-11(8-14(12)15)7-13-10-21-16(20)18-13/h3-4,8-9,13,17H,5-7,10H2,1-2H3,(H,18,20)/t13-/m0/s1/i1D3,2D3,5D2,6D2,7D2,10D2,13D. The zero-order chi connectivity index (χ0) is 27.9. The predicted octanol–water partition coefficient (Wildman–Crippen LogP) is 1.92. The van der Waals surface area contributed by atoms with Gasteiger partial charge < -0.3 is 19.9 Å². The molecule has 0 aliphatic carbocycles. The van der Waals surface area contributed by atoms with Gasteiger partial charge in [-0.05, 0) is 50.0 Å². The number of hydrogen-bond acceptors (Lipinski definition) is 3. The van der Waals surface area contributed by atoms with Gasteiger partial charge in [0.15, 0.2) is 0 Å². The lowest BCUT2D eigenvalue weighted by Crippen LogP contribution is -2.28. The highest BCUT2D eigenvalue weighted by molar-refractivity contribution is 5.84. The summed E-state index contributed by atoms with van der Waals surface area (Å²) >= 11 is 0. The molecule has 0 radical (unpaired) electrons. The molecule has 0 saturated carbocycles. The van der Waals surface area contributed by atoms with Gasteiger partial charge in [0.2, 0.25) is 0 Å². The summed E-state index contributed by atoms with van der Waals surface area (Å²) in [7, 11) is 0. The van der Waals surface area contributed by atoms with Crippen molar-refractivity contribution in [2.45, 2.75) is 18.8 Å². The van der Waals surface area contributed by atoms with E-state index in [-0.39, 0.29) is 10.9 Å². The minimum absolute atomic E-state index is 0.118. The van der Waals surface area contributed by atoms with Gasteiger partial charge in [-0.25, -0.2) is 4.79 Å². The molecule has 1 fully saturated rings.